The first-order valence-corrected chi connectivity index (χ1v) is 10.7. The number of fused-ring (bicyclic) bond motifs is 1. The molecule has 0 aromatic heterocycles. The second-order valence-electron chi connectivity index (χ2n) is 9.72. The fraction of sp³-hybridized carbons (Fsp3) is 0.440. The third-order valence-electron chi connectivity index (χ3n) is 6.76. The van der Waals surface area contributed by atoms with E-state index in [-0.39, 0.29) is 23.3 Å². The minimum absolute atomic E-state index is 0.0718. The lowest BCUT2D eigenvalue weighted by molar-refractivity contribution is -0.120. The third kappa shape index (κ3) is 3.57. The normalized spacial score (nSPS) is 24.8. The average Bonchev–Trinajstić information content (AvgIpc) is 3.08. The molecule has 0 spiro atoms. The van der Waals surface area contributed by atoms with Gasteiger partial charge in [0.05, 0.1) is 17.5 Å². The molecule has 5 heteroatoms. The molecule has 1 amide bonds. The van der Waals surface area contributed by atoms with Gasteiger partial charge in [-0.1, -0.05) is 52.0 Å². The number of hydrogen-bond acceptors (Lipinski definition) is 3. The Labute approximate surface area is 177 Å². The van der Waals surface area contributed by atoms with E-state index in [0.29, 0.717) is 17.4 Å². The number of carbonyl (C=O) groups is 2. The maximum atomic E-state index is 12.6. The van der Waals surface area contributed by atoms with Crippen molar-refractivity contribution in [2.24, 2.45) is 17.3 Å². The molecule has 4 rings (SSSR count). The maximum Gasteiger partial charge on any atom is 0.335 e. The first-order valence-electron chi connectivity index (χ1n) is 10.7. The van der Waals surface area contributed by atoms with Crippen LogP contribution in [0, 0.1) is 17.3 Å². The molecule has 2 aliphatic rings. The second kappa shape index (κ2) is 7.46. The van der Waals surface area contributed by atoms with Crippen molar-refractivity contribution in [1.82, 2.24) is 5.32 Å². The molecule has 2 aromatic rings. The minimum Gasteiger partial charge on any atom is -0.478 e. The molecule has 0 aliphatic carbocycles. The van der Waals surface area contributed by atoms with Crippen LogP contribution < -0.4 is 10.6 Å². The van der Waals surface area contributed by atoms with Gasteiger partial charge in [0.25, 0.3) is 0 Å². The monoisotopic (exact) mass is 406 g/mol. The number of rotatable bonds is 4. The highest BCUT2D eigenvalue weighted by Gasteiger charge is 2.39. The van der Waals surface area contributed by atoms with Crippen LogP contribution in [-0.4, -0.2) is 23.5 Å². The summed E-state index contributed by atoms with van der Waals surface area (Å²) >= 11 is 0. The highest BCUT2D eigenvalue weighted by molar-refractivity contribution is 5.89. The fourth-order valence-corrected chi connectivity index (χ4v) is 5.08. The van der Waals surface area contributed by atoms with Crippen LogP contribution in [0.3, 0.4) is 0 Å². The van der Waals surface area contributed by atoms with E-state index in [1.807, 2.05) is 6.07 Å². The van der Waals surface area contributed by atoms with Gasteiger partial charge in [-0.25, -0.2) is 4.79 Å². The lowest BCUT2D eigenvalue weighted by Crippen LogP contribution is -2.35. The average molecular weight is 407 g/mol. The van der Waals surface area contributed by atoms with E-state index in [9.17, 15) is 14.7 Å². The van der Waals surface area contributed by atoms with Crippen LogP contribution in [0.25, 0.3) is 0 Å². The quantitative estimate of drug-likeness (QED) is 0.693. The Bertz CT molecular complexity index is 996. The Morgan fingerprint density at radius 1 is 1.13 bits per heavy atom. The van der Waals surface area contributed by atoms with Crippen molar-refractivity contribution >= 4 is 17.6 Å². The molecule has 0 saturated carbocycles. The smallest absolute Gasteiger partial charge is 0.335 e. The van der Waals surface area contributed by atoms with Crippen LogP contribution in [0.2, 0.25) is 0 Å². The van der Waals surface area contributed by atoms with Gasteiger partial charge in [-0.05, 0) is 58.6 Å². The van der Waals surface area contributed by atoms with Crippen molar-refractivity contribution in [3.8, 4) is 0 Å². The summed E-state index contributed by atoms with van der Waals surface area (Å²) in [6.45, 7) is 9.49. The van der Waals surface area contributed by atoms with Gasteiger partial charge >= 0.3 is 5.97 Å². The number of nitrogens with one attached hydrogen (secondary N) is 2. The summed E-state index contributed by atoms with van der Waals surface area (Å²) in [6, 6.07) is 13.8. The predicted octanol–water partition coefficient (Wildman–Crippen LogP) is 4.61. The second-order valence-corrected chi connectivity index (χ2v) is 9.72. The molecule has 2 unspecified atom stereocenters. The summed E-state index contributed by atoms with van der Waals surface area (Å²) < 4.78 is 0. The number of benzene rings is 2. The molecule has 0 bridgehead atoms. The van der Waals surface area contributed by atoms with Crippen molar-refractivity contribution < 1.29 is 14.7 Å². The molecular weight excluding hydrogens is 376 g/mol. The Morgan fingerprint density at radius 3 is 2.57 bits per heavy atom. The zero-order chi connectivity index (χ0) is 21.6. The Kier molecular flexibility index (Phi) is 5.08. The molecule has 158 valence electrons. The zero-order valence-corrected chi connectivity index (χ0v) is 18.0. The molecule has 30 heavy (non-hydrogen) atoms. The van der Waals surface area contributed by atoms with Crippen LogP contribution in [0.4, 0.5) is 5.69 Å². The zero-order valence-electron chi connectivity index (χ0n) is 18.0. The lowest BCUT2D eigenvalue weighted by atomic mass is 9.72. The van der Waals surface area contributed by atoms with Gasteiger partial charge in [0.1, 0.15) is 0 Å². The number of aromatic carboxylic acids is 1. The van der Waals surface area contributed by atoms with Crippen LogP contribution in [0.5, 0.6) is 0 Å². The van der Waals surface area contributed by atoms with E-state index in [4.69, 9.17) is 0 Å². The minimum atomic E-state index is -0.903. The van der Waals surface area contributed by atoms with E-state index in [0.717, 1.165) is 35.3 Å². The van der Waals surface area contributed by atoms with Gasteiger partial charge in [-0.2, -0.15) is 0 Å². The SMILES string of the molecule is CC(C)C1CNC(=O)[C@@H]1c1cccc(C2Nc3ccc(C(=O)O)cc3CC2(C)C)c1. The highest BCUT2D eigenvalue weighted by atomic mass is 16.4. The topological polar surface area (TPSA) is 78.4 Å². The van der Waals surface area contributed by atoms with E-state index in [1.54, 1.807) is 12.1 Å². The van der Waals surface area contributed by atoms with Gasteiger partial charge in [-0.15, -0.1) is 0 Å². The van der Waals surface area contributed by atoms with Crippen LogP contribution in [0.1, 0.15) is 66.7 Å². The third-order valence-corrected chi connectivity index (χ3v) is 6.76. The fourth-order valence-electron chi connectivity index (χ4n) is 5.08. The lowest BCUT2D eigenvalue weighted by Gasteiger charge is -2.41. The molecule has 5 nitrogen and oxygen atoms in total. The Morgan fingerprint density at radius 2 is 1.87 bits per heavy atom. The van der Waals surface area contributed by atoms with E-state index in [1.165, 1.54) is 0 Å². The Hall–Kier alpha value is -2.82. The number of carbonyl (C=O) groups excluding carboxylic acids is 1. The Balaban J connectivity index is 1.68. The van der Waals surface area contributed by atoms with Gasteiger partial charge in [-0.3, -0.25) is 4.79 Å². The predicted molar refractivity (Wildman–Crippen MR) is 118 cm³/mol. The van der Waals surface area contributed by atoms with Crippen LogP contribution in [-0.2, 0) is 11.2 Å². The molecule has 1 saturated heterocycles. The number of anilines is 1. The summed E-state index contributed by atoms with van der Waals surface area (Å²) in [7, 11) is 0. The summed E-state index contributed by atoms with van der Waals surface area (Å²) in [5, 5.41) is 16.0. The van der Waals surface area contributed by atoms with E-state index < -0.39 is 5.97 Å². The van der Waals surface area contributed by atoms with Crippen molar-refractivity contribution in [2.45, 2.75) is 46.1 Å². The van der Waals surface area contributed by atoms with Gasteiger partial charge < -0.3 is 15.7 Å². The van der Waals surface area contributed by atoms with Crippen molar-refractivity contribution in [3.05, 3.63) is 64.7 Å². The molecule has 1 fully saturated rings. The first-order chi connectivity index (χ1) is 14.2. The molecule has 0 radical (unpaired) electrons. The van der Waals surface area contributed by atoms with Gasteiger partial charge in [0.2, 0.25) is 5.91 Å². The van der Waals surface area contributed by atoms with Gasteiger partial charge in [0.15, 0.2) is 0 Å². The standard InChI is InChI=1S/C25H30N2O3/c1-14(2)19-13-26-23(28)21(19)15-6-5-7-16(10-15)22-25(3,4)12-18-11-17(24(29)30)8-9-20(18)27-22/h5-11,14,19,21-22,27H,12-13H2,1-4H3,(H,26,28)(H,29,30)/t19?,21-,22?/m1/s1. The van der Waals surface area contributed by atoms with Crippen LogP contribution in [0.15, 0.2) is 42.5 Å². The largest absolute Gasteiger partial charge is 0.478 e. The van der Waals surface area contributed by atoms with Gasteiger partial charge in [0, 0.05) is 12.2 Å². The summed E-state index contributed by atoms with van der Waals surface area (Å²) in [5.41, 5.74) is 4.45. The number of carboxylic acids is 1. The molecule has 2 heterocycles. The molecular formula is C25H30N2O3. The summed E-state index contributed by atoms with van der Waals surface area (Å²) in [6.07, 6.45) is 0.782. The summed E-state index contributed by atoms with van der Waals surface area (Å²) in [4.78, 5) is 23.9. The number of amides is 1. The van der Waals surface area contributed by atoms with Crippen LogP contribution >= 0.6 is 0 Å². The van der Waals surface area contributed by atoms with Crippen molar-refractivity contribution in [1.29, 1.82) is 0 Å². The van der Waals surface area contributed by atoms with Crippen molar-refractivity contribution in [2.75, 3.05) is 11.9 Å². The first kappa shape index (κ1) is 20.5. The summed E-state index contributed by atoms with van der Waals surface area (Å²) in [5.74, 6) is -0.164. The molecule has 3 atom stereocenters. The number of carboxylic acid groups (broad SMARTS) is 1. The maximum absolute atomic E-state index is 12.6. The van der Waals surface area contributed by atoms with E-state index >= 15 is 0 Å². The molecule has 3 N–H and O–H groups in total. The highest BCUT2D eigenvalue weighted by Crippen LogP contribution is 2.46. The molecule has 2 aliphatic heterocycles. The number of hydrogen-bond donors (Lipinski definition) is 3. The molecule has 2 aromatic carbocycles. The van der Waals surface area contributed by atoms with Crippen molar-refractivity contribution in [3.63, 3.8) is 0 Å². The van der Waals surface area contributed by atoms with E-state index in [2.05, 4.69) is 62.6 Å².